The predicted octanol–water partition coefficient (Wildman–Crippen LogP) is 4.53. The Labute approximate surface area is 138 Å². The molecule has 3 rings (SSSR count). The molecule has 2 aromatic carbocycles. The van der Waals surface area contributed by atoms with Crippen LogP contribution in [-0.4, -0.2) is 17.9 Å². The Morgan fingerprint density at radius 3 is 2.52 bits per heavy atom. The zero-order valence-electron chi connectivity index (χ0n) is 12.8. The van der Waals surface area contributed by atoms with Crippen LogP contribution in [-0.2, 0) is 0 Å². The lowest BCUT2D eigenvalue weighted by molar-refractivity contribution is 0.0992. The summed E-state index contributed by atoms with van der Waals surface area (Å²) in [5.41, 5.74) is 3.15. The molecule has 0 fully saturated rings. The lowest BCUT2D eigenvalue weighted by Crippen LogP contribution is -2.26. The molecule has 23 heavy (non-hydrogen) atoms. The van der Waals surface area contributed by atoms with Crippen LogP contribution in [0.5, 0.6) is 0 Å². The molecule has 0 atom stereocenters. The van der Waals surface area contributed by atoms with Crippen molar-refractivity contribution in [3.63, 3.8) is 0 Å². The van der Waals surface area contributed by atoms with Crippen molar-refractivity contribution < 1.29 is 9.18 Å². The van der Waals surface area contributed by atoms with Gasteiger partial charge in [0.25, 0.3) is 5.91 Å². The van der Waals surface area contributed by atoms with E-state index in [4.69, 9.17) is 0 Å². The summed E-state index contributed by atoms with van der Waals surface area (Å²) >= 11 is 1.39. The number of nitrogens with zero attached hydrogens (tertiary/aromatic N) is 2. The van der Waals surface area contributed by atoms with Crippen LogP contribution in [0, 0.1) is 12.7 Å². The van der Waals surface area contributed by atoms with Crippen molar-refractivity contribution in [1.29, 1.82) is 0 Å². The summed E-state index contributed by atoms with van der Waals surface area (Å²) in [5, 5.41) is 2.47. The van der Waals surface area contributed by atoms with Gasteiger partial charge in [0.15, 0.2) is 5.13 Å². The van der Waals surface area contributed by atoms with Crippen molar-refractivity contribution in [1.82, 2.24) is 4.98 Å². The van der Waals surface area contributed by atoms with Gasteiger partial charge in [-0.3, -0.25) is 9.69 Å². The molecule has 0 N–H and O–H groups in total. The molecular weight excluding hydrogens is 311 g/mol. The highest BCUT2D eigenvalue weighted by Gasteiger charge is 2.18. The minimum absolute atomic E-state index is 0.0943. The van der Waals surface area contributed by atoms with Gasteiger partial charge in [0.1, 0.15) is 5.82 Å². The van der Waals surface area contributed by atoms with Gasteiger partial charge < -0.3 is 0 Å². The Bertz CT molecular complexity index is 842. The number of carbonyl (C=O) groups excluding carboxylic acids is 1. The van der Waals surface area contributed by atoms with E-state index < -0.39 is 0 Å². The molecule has 0 saturated carbocycles. The van der Waals surface area contributed by atoms with E-state index in [-0.39, 0.29) is 11.7 Å². The van der Waals surface area contributed by atoms with E-state index in [0.29, 0.717) is 10.7 Å². The smallest absolute Gasteiger partial charge is 0.260 e. The molecule has 0 aliphatic carbocycles. The average molecular weight is 326 g/mol. The second-order valence-electron chi connectivity index (χ2n) is 5.20. The first kappa shape index (κ1) is 15.4. The minimum Gasteiger partial charge on any atom is -0.287 e. The van der Waals surface area contributed by atoms with Crippen LogP contribution < -0.4 is 4.90 Å². The van der Waals surface area contributed by atoms with Gasteiger partial charge in [-0.05, 0) is 42.8 Å². The molecule has 0 spiro atoms. The standard InChI is InChI=1S/C18H15FN2OS/c1-12-5-3-4-6-15(12)17(22)21(2)18-20-16(11-23-18)13-7-9-14(19)10-8-13/h3-11H,1-2H3. The highest BCUT2D eigenvalue weighted by molar-refractivity contribution is 7.14. The first-order valence-electron chi connectivity index (χ1n) is 7.11. The van der Waals surface area contributed by atoms with Crippen molar-refractivity contribution in [3.05, 3.63) is 70.9 Å². The number of aryl methyl sites for hydroxylation is 1. The first-order valence-corrected chi connectivity index (χ1v) is 7.99. The zero-order valence-corrected chi connectivity index (χ0v) is 13.6. The molecular formula is C18H15FN2OS. The Hall–Kier alpha value is -2.53. The minimum atomic E-state index is -0.281. The second-order valence-corrected chi connectivity index (χ2v) is 6.04. The zero-order chi connectivity index (χ0) is 16.4. The van der Waals surface area contributed by atoms with Gasteiger partial charge in [-0.15, -0.1) is 11.3 Å². The maximum Gasteiger partial charge on any atom is 0.260 e. The molecule has 0 aliphatic rings. The van der Waals surface area contributed by atoms with E-state index in [1.165, 1.54) is 23.5 Å². The Balaban J connectivity index is 1.86. The van der Waals surface area contributed by atoms with E-state index >= 15 is 0 Å². The second kappa shape index (κ2) is 6.30. The Kier molecular flexibility index (Phi) is 4.21. The number of rotatable bonds is 3. The van der Waals surface area contributed by atoms with Crippen LogP contribution in [0.4, 0.5) is 9.52 Å². The van der Waals surface area contributed by atoms with E-state index in [1.807, 2.05) is 36.6 Å². The van der Waals surface area contributed by atoms with Crippen LogP contribution in [0.25, 0.3) is 11.3 Å². The first-order chi connectivity index (χ1) is 11.1. The number of amides is 1. The summed E-state index contributed by atoms with van der Waals surface area (Å²) in [7, 11) is 1.71. The van der Waals surface area contributed by atoms with E-state index in [9.17, 15) is 9.18 Å². The van der Waals surface area contributed by atoms with Gasteiger partial charge in [-0.25, -0.2) is 9.37 Å². The molecule has 1 amide bonds. The number of aromatic nitrogens is 1. The molecule has 0 unspecified atom stereocenters. The van der Waals surface area contributed by atoms with Crippen LogP contribution in [0.3, 0.4) is 0 Å². The molecule has 116 valence electrons. The summed E-state index contributed by atoms with van der Waals surface area (Å²) in [6.45, 7) is 1.91. The lowest BCUT2D eigenvalue weighted by Gasteiger charge is -2.15. The van der Waals surface area contributed by atoms with Gasteiger partial charge in [0.2, 0.25) is 0 Å². The van der Waals surface area contributed by atoms with Gasteiger partial charge in [0, 0.05) is 23.6 Å². The molecule has 0 aliphatic heterocycles. The fourth-order valence-corrected chi connectivity index (χ4v) is 3.05. The SMILES string of the molecule is Cc1ccccc1C(=O)N(C)c1nc(-c2ccc(F)cc2)cs1. The van der Waals surface area contributed by atoms with Crippen LogP contribution in [0.2, 0.25) is 0 Å². The van der Waals surface area contributed by atoms with Crippen molar-refractivity contribution >= 4 is 22.4 Å². The molecule has 1 heterocycles. The van der Waals surface area contributed by atoms with Crippen molar-refractivity contribution in [2.24, 2.45) is 0 Å². The number of halogens is 1. The molecule has 3 nitrogen and oxygen atoms in total. The fraction of sp³-hybridized carbons (Fsp3) is 0.111. The Morgan fingerprint density at radius 2 is 1.83 bits per heavy atom. The quantitative estimate of drug-likeness (QED) is 0.708. The summed E-state index contributed by atoms with van der Waals surface area (Å²) in [5.74, 6) is -0.376. The maximum atomic E-state index is 13.0. The summed E-state index contributed by atoms with van der Waals surface area (Å²) in [4.78, 5) is 18.6. The molecule has 5 heteroatoms. The molecule has 1 aromatic heterocycles. The molecule has 0 saturated heterocycles. The van der Waals surface area contributed by atoms with Crippen LogP contribution >= 0.6 is 11.3 Å². The van der Waals surface area contributed by atoms with Crippen molar-refractivity contribution in [2.75, 3.05) is 11.9 Å². The number of hydrogen-bond acceptors (Lipinski definition) is 3. The average Bonchev–Trinajstić information content (AvgIpc) is 3.04. The monoisotopic (exact) mass is 326 g/mol. The predicted molar refractivity (Wildman–Crippen MR) is 91.4 cm³/mol. The largest absolute Gasteiger partial charge is 0.287 e. The highest BCUT2D eigenvalue weighted by atomic mass is 32.1. The fourth-order valence-electron chi connectivity index (χ4n) is 2.25. The number of benzene rings is 2. The third kappa shape index (κ3) is 3.14. The van der Waals surface area contributed by atoms with Crippen molar-refractivity contribution in [2.45, 2.75) is 6.92 Å². The number of carbonyl (C=O) groups is 1. The number of anilines is 1. The van der Waals surface area contributed by atoms with Gasteiger partial charge in [0.05, 0.1) is 5.69 Å². The normalized spacial score (nSPS) is 10.6. The van der Waals surface area contributed by atoms with E-state index in [2.05, 4.69) is 4.98 Å². The number of thiazole rings is 1. The maximum absolute atomic E-state index is 13.0. The highest BCUT2D eigenvalue weighted by Crippen LogP contribution is 2.28. The van der Waals surface area contributed by atoms with E-state index in [1.54, 1.807) is 24.1 Å². The van der Waals surface area contributed by atoms with Crippen LogP contribution in [0.15, 0.2) is 53.9 Å². The molecule has 0 bridgehead atoms. The van der Waals surface area contributed by atoms with Gasteiger partial charge in [-0.2, -0.15) is 0 Å². The number of hydrogen-bond donors (Lipinski definition) is 0. The van der Waals surface area contributed by atoms with Gasteiger partial charge >= 0.3 is 0 Å². The van der Waals surface area contributed by atoms with Gasteiger partial charge in [-0.1, -0.05) is 18.2 Å². The molecule has 0 radical (unpaired) electrons. The molecule has 3 aromatic rings. The summed E-state index contributed by atoms with van der Waals surface area (Å²) in [6.07, 6.45) is 0. The van der Waals surface area contributed by atoms with E-state index in [0.717, 1.165) is 16.8 Å². The Morgan fingerprint density at radius 1 is 1.13 bits per heavy atom. The topological polar surface area (TPSA) is 33.2 Å². The third-order valence-corrected chi connectivity index (χ3v) is 4.52. The third-order valence-electron chi connectivity index (χ3n) is 3.60. The van der Waals surface area contributed by atoms with Crippen LogP contribution in [0.1, 0.15) is 15.9 Å². The summed E-state index contributed by atoms with van der Waals surface area (Å²) in [6, 6.07) is 13.6. The summed E-state index contributed by atoms with van der Waals surface area (Å²) < 4.78 is 13.0. The van der Waals surface area contributed by atoms with Crippen molar-refractivity contribution in [3.8, 4) is 11.3 Å². The lowest BCUT2D eigenvalue weighted by atomic mass is 10.1.